The largest absolute Gasteiger partial charge is 0.494 e. The highest BCUT2D eigenvalue weighted by atomic mass is 32.2. The van der Waals surface area contributed by atoms with Gasteiger partial charge in [0.2, 0.25) is 0 Å². The van der Waals surface area contributed by atoms with Crippen molar-refractivity contribution in [3.8, 4) is 5.75 Å². The summed E-state index contributed by atoms with van der Waals surface area (Å²) in [6, 6.07) is 6.44. The zero-order valence-corrected chi connectivity index (χ0v) is 10.2. The van der Waals surface area contributed by atoms with Gasteiger partial charge in [0, 0.05) is 5.75 Å². The summed E-state index contributed by atoms with van der Waals surface area (Å²) in [6.45, 7) is 2.45. The maximum Gasteiger partial charge on any atom is 0.179 e. The fourth-order valence-corrected chi connectivity index (χ4v) is 2.90. The number of sulfone groups is 1. The fraction of sp³-hybridized carbons (Fsp3) is 0.400. The van der Waals surface area contributed by atoms with E-state index in [0.29, 0.717) is 23.0 Å². The summed E-state index contributed by atoms with van der Waals surface area (Å²) < 4.78 is 28.4. The zero-order chi connectivity index (χ0) is 11.3. The molecule has 0 bridgehead atoms. The van der Waals surface area contributed by atoms with Crippen LogP contribution < -0.4 is 4.74 Å². The van der Waals surface area contributed by atoms with Crippen molar-refractivity contribution in [1.82, 2.24) is 0 Å². The van der Waals surface area contributed by atoms with Gasteiger partial charge < -0.3 is 4.74 Å². The minimum Gasteiger partial charge on any atom is -0.494 e. The van der Waals surface area contributed by atoms with Gasteiger partial charge in [-0.1, -0.05) is 0 Å². The van der Waals surface area contributed by atoms with Crippen molar-refractivity contribution in [2.24, 2.45) is 0 Å². The molecule has 0 spiro atoms. The van der Waals surface area contributed by atoms with Gasteiger partial charge in [-0.3, -0.25) is 0 Å². The first-order valence-corrected chi connectivity index (χ1v) is 6.95. The molecule has 0 fully saturated rings. The minimum absolute atomic E-state index is 0.0596. The SMILES string of the molecule is CCOc1ccc(S(=O)(=O)CCS)cc1. The van der Waals surface area contributed by atoms with Crippen LogP contribution in [0.1, 0.15) is 6.92 Å². The molecule has 1 rings (SSSR count). The van der Waals surface area contributed by atoms with Crippen LogP contribution in [-0.4, -0.2) is 26.5 Å². The molecular formula is C10H14O3S2. The summed E-state index contributed by atoms with van der Waals surface area (Å²) >= 11 is 3.91. The average Bonchev–Trinajstić information content (AvgIpc) is 2.19. The number of rotatable bonds is 5. The third kappa shape index (κ3) is 3.43. The summed E-state index contributed by atoms with van der Waals surface area (Å²) in [7, 11) is -3.17. The van der Waals surface area contributed by atoms with Crippen molar-refractivity contribution >= 4 is 22.5 Å². The first-order chi connectivity index (χ1) is 7.10. The molecule has 0 unspecified atom stereocenters. The Bertz CT molecular complexity index is 395. The second-order valence-electron chi connectivity index (χ2n) is 2.95. The van der Waals surface area contributed by atoms with Crippen LogP contribution >= 0.6 is 12.6 Å². The van der Waals surface area contributed by atoms with E-state index in [4.69, 9.17) is 4.74 Å². The molecule has 0 aromatic heterocycles. The standard InChI is InChI=1S/C10H14O3S2/c1-2-13-9-3-5-10(6-4-9)15(11,12)8-7-14/h3-6,14H,2,7-8H2,1H3. The lowest BCUT2D eigenvalue weighted by Gasteiger charge is -2.05. The Morgan fingerprint density at radius 1 is 1.27 bits per heavy atom. The van der Waals surface area contributed by atoms with E-state index in [1.807, 2.05) is 6.92 Å². The van der Waals surface area contributed by atoms with Crippen LogP contribution in [-0.2, 0) is 9.84 Å². The number of thiol groups is 1. The number of ether oxygens (including phenoxy) is 1. The average molecular weight is 246 g/mol. The smallest absolute Gasteiger partial charge is 0.179 e. The van der Waals surface area contributed by atoms with Crippen molar-refractivity contribution in [1.29, 1.82) is 0 Å². The second kappa shape index (κ2) is 5.42. The van der Waals surface area contributed by atoms with Crippen molar-refractivity contribution in [3.63, 3.8) is 0 Å². The zero-order valence-electron chi connectivity index (χ0n) is 8.51. The van der Waals surface area contributed by atoms with Crippen molar-refractivity contribution in [3.05, 3.63) is 24.3 Å². The molecule has 0 amide bonds. The van der Waals surface area contributed by atoms with E-state index in [9.17, 15) is 8.42 Å². The fourth-order valence-electron chi connectivity index (χ4n) is 1.15. The van der Waals surface area contributed by atoms with Gasteiger partial charge in [0.15, 0.2) is 9.84 Å². The Labute approximate surface area is 95.8 Å². The molecule has 0 heterocycles. The Kier molecular flexibility index (Phi) is 4.47. The van der Waals surface area contributed by atoms with Gasteiger partial charge in [-0.2, -0.15) is 12.6 Å². The summed E-state index contributed by atoms with van der Waals surface area (Å²) in [5.74, 6) is 1.07. The van der Waals surface area contributed by atoms with Gasteiger partial charge in [0.25, 0.3) is 0 Å². The lowest BCUT2D eigenvalue weighted by atomic mass is 10.3. The van der Waals surface area contributed by atoms with Gasteiger partial charge in [-0.25, -0.2) is 8.42 Å². The third-order valence-corrected chi connectivity index (χ3v) is 4.11. The molecule has 0 N–H and O–H groups in total. The highest BCUT2D eigenvalue weighted by molar-refractivity contribution is 7.92. The minimum atomic E-state index is -3.17. The van der Waals surface area contributed by atoms with E-state index in [1.54, 1.807) is 24.3 Å². The molecule has 0 radical (unpaired) electrons. The third-order valence-electron chi connectivity index (χ3n) is 1.85. The van der Waals surface area contributed by atoms with Crippen LogP contribution in [0.5, 0.6) is 5.75 Å². The van der Waals surface area contributed by atoms with Crippen molar-refractivity contribution in [2.45, 2.75) is 11.8 Å². The van der Waals surface area contributed by atoms with Gasteiger partial charge in [0.1, 0.15) is 5.75 Å². The summed E-state index contributed by atoms with van der Waals surface area (Å²) in [5.41, 5.74) is 0. The van der Waals surface area contributed by atoms with E-state index < -0.39 is 9.84 Å². The summed E-state index contributed by atoms with van der Waals surface area (Å²) in [5, 5.41) is 0. The highest BCUT2D eigenvalue weighted by Crippen LogP contribution is 2.17. The van der Waals surface area contributed by atoms with E-state index in [0.717, 1.165) is 0 Å². The molecule has 5 heteroatoms. The molecule has 1 aromatic rings. The molecular weight excluding hydrogens is 232 g/mol. The Morgan fingerprint density at radius 3 is 2.33 bits per heavy atom. The van der Waals surface area contributed by atoms with Crippen molar-refractivity contribution < 1.29 is 13.2 Å². The van der Waals surface area contributed by atoms with E-state index >= 15 is 0 Å². The predicted octanol–water partition coefficient (Wildman–Crippen LogP) is 1.79. The number of benzene rings is 1. The van der Waals surface area contributed by atoms with Crippen LogP contribution in [0.15, 0.2) is 29.2 Å². The van der Waals surface area contributed by atoms with Gasteiger partial charge in [-0.15, -0.1) is 0 Å². The van der Waals surface area contributed by atoms with E-state index in [1.165, 1.54) is 0 Å². The van der Waals surface area contributed by atoms with Gasteiger partial charge >= 0.3 is 0 Å². The normalized spacial score (nSPS) is 11.3. The van der Waals surface area contributed by atoms with Crippen LogP contribution in [0, 0.1) is 0 Å². The molecule has 0 aliphatic carbocycles. The first-order valence-electron chi connectivity index (χ1n) is 4.66. The van der Waals surface area contributed by atoms with E-state index in [2.05, 4.69) is 12.6 Å². The molecule has 0 saturated heterocycles. The molecule has 0 aliphatic rings. The van der Waals surface area contributed by atoms with Gasteiger partial charge in [-0.05, 0) is 31.2 Å². The Balaban J connectivity index is 2.89. The van der Waals surface area contributed by atoms with Crippen LogP contribution in [0.25, 0.3) is 0 Å². The van der Waals surface area contributed by atoms with Crippen LogP contribution in [0.3, 0.4) is 0 Å². The second-order valence-corrected chi connectivity index (χ2v) is 5.50. The maximum absolute atomic E-state index is 11.6. The number of hydrogen-bond donors (Lipinski definition) is 1. The quantitative estimate of drug-likeness (QED) is 0.806. The Morgan fingerprint density at radius 2 is 1.87 bits per heavy atom. The Hall–Kier alpha value is -0.680. The molecule has 0 aliphatic heterocycles. The molecule has 1 aromatic carbocycles. The lowest BCUT2D eigenvalue weighted by Crippen LogP contribution is -2.07. The molecule has 3 nitrogen and oxygen atoms in total. The lowest BCUT2D eigenvalue weighted by molar-refractivity contribution is 0.340. The molecule has 15 heavy (non-hydrogen) atoms. The topological polar surface area (TPSA) is 43.4 Å². The van der Waals surface area contributed by atoms with E-state index in [-0.39, 0.29) is 5.75 Å². The molecule has 0 atom stereocenters. The number of hydrogen-bond acceptors (Lipinski definition) is 4. The maximum atomic E-state index is 11.6. The highest BCUT2D eigenvalue weighted by Gasteiger charge is 2.12. The van der Waals surface area contributed by atoms with Gasteiger partial charge in [0.05, 0.1) is 17.3 Å². The summed E-state index contributed by atoms with van der Waals surface area (Å²) in [4.78, 5) is 0.319. The summed E-state index contributed by atoms with van der Waals surface area (Å²) in [6.07, 6.45) is 0. The van der Waals surface area contributed by atoms with Crippen LogP contribution in [0.4, 0.5) is 0 Å². The first kappa shape index (κ1) is 12.4. The van der Waals surface area contributed by atoms with Crippen molar-refractivity contribution in [2.75, 3.05) is 18.1 Å². The molecule has 0 saturated carbocycles. The molecule has 84 valence electrons. The predicted molar refractivity (Wildman–Crippen MR) is 63.5 cm³/mol. The monoisotopic (exact) mass is 246 g/mol. The van der Waals surface area contributed by atoms with Crippen LogP contribution in [0.2, 0.25) is 0 Å².